The molecule has 0 heterocycles. The van der Waals surface area contributed by atoms with E-state index in [1.165, 1.54) is 32.1 Å². The minimum atomic E-state index is -3.41. The molecule has 0 atom stereocenters. The summed E-state index contributed by atoms with van der Waals surface area (Å²) < 4.78 is 32.9. The van der Waals surface area contributed by atoms with E-state index in [0.29, 0.717) is 18.0 Å². The van der Waals surface area contributed by atoms with Crippen molar-refractivity contribution >= 4 is 10.0 Å². The van der Waals surface area contributed by atoms with E-state index in [2.05, 4.69) is 11.6 Å². The molecular weight excluding hydrogens is 322 g/mol. The SMILES string of the molecule is CCCCOc1ccc(S(=O)(=O)NCCCC2CCCCC2)cc1. The first-order valence-corrected chi connectivity index (χ1v) is 10.8. The molecule has 2 rings (SSSR count). The van der Waals surface area contributed by atoms with Crippen molar-refractivity contribution in [3.05, 3.63) is 24.3 Å². The number of hydrogen-bond donors (Lipinski definition) is 1. The highest BCUT2D eigenvalue weighted by Crippen LogP contribution is 2.27. The van der Waals surface area contributed by atoms with Crippen LogP contribution < -0.4 is 9.46 Å². The molecule has 136 valence electrons. The second-order valence-electron chi connectivity index (χ2n) is 6.72. The summed E-state index contributed by atoms with van der Waals surface area (Å²) in [5.41, 5.74) is 0. The zero-order valence-corrected chi connectivity index (χ0v) is 15.6. The van der Waals surface area contributed by atoms with Crippen LogP contribution in [0.4, 0.5) is 0 Å². The summed E-state index contributed by atoms with van der Waals surface area (Å²) in [7, 11) is -3.41. The lowest BCUT2D eigenvalue weighted by atomic mass is 9.86. The first-order chi connectivity index (χ1) is 11.6. The van der Waals surface area contributed by atoms with E-state index in [1.54, 1.807) is 24.3 Å². The molecule has 0 aromatic heterocycles. The summed E-state index contributed by atoms with van der Waals surface area (Å²) in [5.74, 6) is 1.52. The molecule has 4 nitrogen and oxygen atoms in total. The van der Waals surface area contributed by atoms with E-state index in [4.69, 9.17) is 4.74 Å². The average molecular weight is 354 g/mol. The van der Waals surface area contributed by atoms with E-state index in [1.807, 2.05) is 0 Å². The van der Waals surface area contributed by atoms with Gasteiger partial charge in [0.05, 0.1) is 11.5 Å². The van der Waals surface area contributed by atoms with Gasteiger partial charge in [0.2, 0.25) is 10.0 Å². The lowest BCUT2D eigenvalue weighted by Crippen LogP contribution is -2.25. The van der Waals surface area contributed by atoms with Crippen LogP contribution in [0, 0.1) is 5.92 Å². The molecule has 0 unspecified atom stereocenters. The van der Waals surface area contributed by atoms with Gasteiger partial charge in [-0.15, -0.1) is 0 Å². The zero-order chi connectivity index (χ0) is 17.3. The van der Waals surface area contributed by atoms with Crippen LogP contribution in [0.1, 0.15) is 64.7 Å². The fourth-order valence-electron chi connectivity index (χ4n) is 3.21. The van der Waals surface area contributed by atoms with Crippen molar-refractivity contribution in [3.8, 4) is 5.75 Å². The topological polar surface area (TPSA) is 55.4 Å². The molecule has 1 saturated carbocycles. The Morgan fingerprint density at radius 2 is 1.79 bits per heavy atom. The summed E-state index contributed by atoms with van der Waals surface area (Å²) in [6, 6.07) is 6.69. The fraction of sp³-hybridized carbons (Fsp3) is 0.684. The fourth-order valence-corrected chi connectivity index (χ4v) is 4.28. The smallest absolute Gasteiger partial charge is 0.240 e. The molecule has 0 saturated heterocycles. The number of benzene rings is 1. The standard InChI is InChI=1S/C19H31NO3S/c1-2-3-16-23-18-11-13-19(14-12-18)24(21,22)20-15-7-10-17-8-5-4-6-9-17/h11-14,17,20H,2-10,15-16H2,1H3. The third kappa shape index (κ3) is 6.44. The molecule has 1 N–H and O–H groups in total. The molecule has 24 heavy (non-hydrogen) atoms. The third-order valence-corrected chi connectivity index (χ3v) is 6.18. The van der Waals surface area contributed by atoms with E-state index >= 15 is 0 Å². The Kier molecular flexibility index (Phi) is 8.06. The summed E-state index contributed by atoms with van der Waals surface area (Å²) in [6.07, 6.45) is 10.8. The van der Waals surface area contributed by atoms with Crippen LogP contribution in [0.15, 0.2) is 29.2 Å². The predicted molar refractivity (Wildman–Crippen MR) is 97.8 cm³/mol. The molecule has 1 aliphatic carbocycles. The van der Waals surface area contributed by atoms with Crippen molar-refractivity contribution in [1.29, 1.82) is 0 Å². The van der Waals surface area contributed by atoms with Gasteiger partial charge in [-0.2, -0.15) is 0 Å². The monoisotopic (exact) mass is 353 g/mol. The number of nitrogens with one attached hydrogen (secondary N) is 1. The van der Waals surface area contributed by atoms with E-state index in [9.17, 15) is 8.42 Å². The molecule has 1 aromatic carbocycles. The van der Waals surface area contributed by atoms with Crippen LogP contribution in [0.2, 0.25) is 0 Å². The van der Waals surface area contributed by atoms with Crippen LogP contribution >= 0.6 is 0 Å². The van der Waals surface area contributed by atoms with Gasteiger partial charge in [-0.25, -0.2) is 13.1 Å². The molecule has 1 aliphatic rings. The summed E-state index contributed by atoms with van der Waals surface area (Å²) >= 11 is 0. The number of hydrogen-bond acceptors (Lipinski definition) is 3. The van der Waals surface area contributed by atoms with Gasteiger partial charge in [0.1, 0.15) is 5.75 Å². The van der Waals surface area contributed by atoms with Crippen LogP contribution in [-0.4, -0.2) is 21.6 Å². The van der Waals surface area contributed by atoms with E-state index < -0.39 is 10.0 Å². The minimum absolute atomic E-state index is 0.308. The Bertz CT molecular complexity index is 563. The van der Waals surface area contributed by atoms with Crippen molar-refractivity contribution in [1.82, 2.24) is 4.72 Å². The summed E-state index contributed by atoms with van der Waals surface area (Å²) in [6.45, 7) is 3.30. The normalized spacial score (nSPS) is 16.2. The van der Waals surface area contributed by atoms with Gasteiger partial charge in [0.25, 0.3) is 0 Å². The molecule has 0 bridgehead atoms. The van der Waals surface area contributed by atoms with Crippen LogP contribution in [-0.2, 0) is 10.0 Å². The highest BCUT2D eigenvalue weighted by Gasteiger charge is 2.15. The van der Waals surface area contributed by atoms with Gasteiger partial charge in [-0.3, -0.25) is 0 Å². The van der Waals surface area contributed by atoms with E-state index in [0.717, 1.165) is 37.4 Å². The lowest BCUT2D eigenvalue weighted by Gasteiger charge is -2.21. The first-order valence-electron chi connectivity index (χ1n) is 9.34. The maximum atomic E-state index is 12.3. The van der Waals surface area contributed by atoms with Gasteiger partial charge in [0, 0.05) is 6.54 Å². The van der Waals surface area contributed by atoms with Crippen molar-refractivity contribution in [3.63, 3.8) is 0 Å². The quantitative estimate of drug-likeness (QED) is 0.630. The molecule has 0 amide bonds. The molecule has 0 radical (unpaired) electrons. The van der Waals surface area contributed by atoms with Crippen molar-refractivity contribution in [2.24, 2.45) is 5.92 Å². The Hall–Kier alpha value is -1.07. The Labute approximate surface area is 147 Å². The van der Waals surface area contributed by atoms with Gasteiger partial charge in [-0.1, -0.05) is 45.4 Å². The van der Waals surface area contributed by atoms with Crippen LogP contribution in [0.3, 0.4) is 0 Å². The van der Waals surface area contributed by atoms with Gasteiger partial charge in [-0.05, 0) is 49.4 Å². The second kappa shape index (κ2) is 10.0. The highest BCUT2D eigenvalue weighted by atomic mass is 32.2. The first kappa shape index (κ1) is 19.3. The number of unbranched alkanes of at least 4 members (excludes halogenated alkanes) is 1. The Morgan fingerprint density at radius 1 is 1.08 bits per heavy atom. The Morgan fingerprint density at radius 3 is 2.46 bits per heavy atom. The number of sulfonamides is 1. The molecule has 1 fully saturated rings. The van der Waals surface area contributed by atoms with Crippen molar-refractivity contribution < 1.29 is 13.2 Å². The maximum absolute atomic E-state index is 12.3. The second-order valence-corrected chi connectivity index (χ2v) is 8.48. The van der Waals surface area contributed by atoms with Crippen molar-refractivity contribution in [2.75, 3.05) is 13.2 Å². The molecule has 0 aliphatic heterocycles. The van der Waals surface area contributed by atoms with E-state index in [-0.39, 0.29) is 0 Å². The third-order valence-electron chi connectivity index (χ3n) is 4.71. The van der Waals surface area contributed by atoms with Crippen LogP contribution in [0.25, 0.3) is 0 Å². The number of ether oxygens (including phenoxy) is 1. The van der Waals surface area contributed by atoms with Crippen LogP contribution in [0.5, 0.6) is 5.75 Å². The summed E-state index contributed by atoms with van der Waals surface area (Å²) in [5, 5.41) is 0. The molecule has 5 heteroatoms. The average Bonchev–Trinajstić information content (AvgIpc) is 2.60. The van der Waals surface area contributed by atoms with Gasteiger partial charge >= 0.3 is 0 Å². The Balaban J connectivity index is 1.74. The minimum Gasteiger partial charge on any atom is -0.494 e. The maximum Gasteiger partial charge on any atom is 0.240 e. The predicted octanol–water partition coefficient (Wildman–Crippen LogP) is 4.50. The molecule has 1 aromatic rings. The van der Waals surface area contributed by atoms with Crippen molar-refractivity contribution in [2.45, 2.75) is 69.6 Å². The lowest BCUT2D eigenvalue weighted by molar-refractivity contribution is 0.309. The zero-order valence-electron chi connectivity index (χ0n) is 14.8. The van der Waals surface area contributed by atoms with Gasteiger partial charge in [0.15, 0.2) is 0 Å². The molecule has 0 spiro atoms. The molecular formula is C19H31NO3S. The largest absolute Gasteiger partial charge is 0.494 e. The highest BCUT2D eigenvalue weighted by molar-refractivity contribution is 7.89. The summed E-state index contributed by atoms with van der Waals surface area (Å²) in [4.78, 5) is 0.308. The van der Waals surface area contributed by atoms with Gasteiger partial charge < -0.3 is 4.74 Å². The number of rotatable bonds is 10.